The molecule has 1 unspecified atom stereocenters. The molecular weight excluding hydrogens is 412 g/mol. The average Bonchev–Trinajstić information content (AvgIpc) is 3.41. The monoisotopic (exact) mass is 438 g/mol. The van der Waals surface area contributed by atoms with Crippen molar-refractivity contribution in [2.24, 2.45) is 0 Å². The molecule has 0 saturated carbocycles. The number of aromatic nitrogens is 1. The molecule has 1 aromatic heterocycles. The van der Waals surface area contributed by atoms with Crippen LogP contribution in [0.4, 0.5) is 0 Å². The molecule has 0 saturated heterocycles. The van der Waals surface area contributed by atoms with Gasteiger partial charge in [-0.1, -0.05) is 54.6 Å². The highest BCUT2D eigenvalue weighted by atomic mass is 16.5. The summed E-state index contributed by atoms with van der Waals surface area (Å²) in [5.41, 5.74) is 5.67. The van der Waals surface area contributed by atoms with Crippen LogP contribution in [0.5, 0.6) is 11.5 Å². The number of nitrogens with one attached hydrogen (secondary N) is 1. The van der Waals surface area contributed by atoms with E-state index in [-0.39, 0.29) is 6.04 Å². The van der Waals surface area contributed by atoms with Crippen molar-refractivity contribution >= 4 is 6.08 Å². The molecule has 5 rings (SSSR count). The molecule has 0 spiro atoms. The van der Waals surface area contributed by atoms with E-state index in [1.54, 1.807) is 19.6 Å². The predicted octanol–water partition coefficient (Wildman–Crippen LogP) is 5.83. The van der Waals surface area contributed by atoms with Gasteiger partial charge in [0.05, 0.1) is 19.3 Å². The second-order valence-corrected chi connectivity index (χ2v) is 7.98. The summed E-state index contributed by atoms with van der Waals surface area (Å²) >= 11 is 0. The lowest BCUT2D eigenvalue weighted by Crippen LogP contribution is -2.28. The highest BCUT2D eigenvalue weighted by Gasteiger charge is 2.21. The smallest absolute Gasteiger partial charge is 0.225 e. The lowest BCUT2D eigenvalue weighted by Gasteiger charge is -2.26. The average molecular weight is 439 g/mol. The Hall–Kier alpha value is -3.83. The summed E-state index contributed by atoms with van der Waals surface area (Å²) in [5, 5.41) is 3.60. The normalized spacial score (nSPS) is 15.4. The van der Waals surface area contributed by atoms with Crippen LogP contribution in [0.15, 0.2) is 89.7 Å². The molecule has 0 radical (unpaired) electrons. The summed E-state index contributed by atoms with van der Waals surface area (Å²) in [7, 11) is 1.69. The molecule has 0 amide bonds. The summed E-state index contributed by atoms with van der Waals surface area (Å²) < 4.78 is 17.2. The second-order valence-electron chi connectivity index (χ2n) is 7.98. The third-order valence-electron chi connectivity index (χ3n) is 5.80. The van der Waals surface area contributed by atoms with E-state index in [4.69, 9.17) is 13.9 Å². The van der Waals surface area contributed by atoms with Crippen LogP contribution in [0, 0.1) is 0 Å². The molecule has 1 aliphatic heterocycles. The maximum absolute atomic E-state index is 6.12. The van der Waals surface area contributed by atoms with E-state index in [0.29, 0.717) is 12.5 Å². The minimum absolute atomic E-state index is 0.0937. The van der Waals surface area contributed by atoms with Gasteiger partial charge in [0.15, 0.2) is 11.5 Å². The third-order valence-corrected chi connectivity index (χ3v) is 5.80. The van der Waals surface area contributed by atoms with E-state index >= 15 is 0 Å². The van der Waals surface area contributed by atoms with Crippen LogP contribution in [0.2, 0.25) is 0 Å². The Morgan fingerprint density at radius 2 is 1.97 bits per heavy atom. The first-order chi connectivity index (χ1) is 16.3. The summed E-state index contributed by atoms with van der Waals surface area (Å²) in [6, 6.07) is 22.7. The van der Waals surface area contributed by atoms with Crippen molar-refractivity contribution in [2.45, 2.75) is 19.1 Å². The number of methoxy groups -OCH3 is 1. The predicted molar refractivity (Wildman–Crippen MR) is 129 cm³/mol. The van der Waals surface area contributed by atoms with Gasteiger partial charge in [-0.15, -0.1) is 0 Å². The molecule has 5 nitrogen and oxygen atoms in total. The number of hydrogen-bond donors (Lipinski definition) is 1. The Morgan fingerprint density at radius 1 is 1.06 bits per heavy atom. The van der Waals surface area contributed by atoms with Crippen LogP contribution in [0.3, 0.4) is 0 Å². The van der Waals surface area contributed by atoms with Gasteiger partial charge in [-0.2, -0.15) is 0 Å². The maximum Gasteiger partial charge on any atom is 0.225 e. The summed E-state index contributed by atoms with van der Waals surface area (Å²) in [4.78, 5) is 4.24. The lowest BCUT2D eigenvalue weighted by atomic mass is 9.93. The molecule has 33 heavy (non-hydrogen) atoms. The highest BCUT2D eigenvalue weighted by molar-refractivity contribution is 5.62. The first kappa shape index (κ1) is 21.0. The summed E-state index contributed by atoms with van der Waals surface area (Å²) in [6.45, 7) is 1.42. The molecule has 0 fully saturated rings. The molecule has 166 valence electrons. The van der Waals surface area contributed by atoms with Gasteiger partial charge in [0, 0.05) is 12.1 Å². The summed E-state index contributed by atoms with van der Waals surface area (Å²) in [6.07, 6.45) is 8.52. The number of benzene rings is 3. The molecule has 2 heterocycles. The number of fused-ring (bicyclic) bond motifs is 1. The Bertz CT molecular complexity index is 1230. The molecule has 1 N–H and O–H groups in total. The third kappa shape index (κ3) is 4.83. The number of hydrogen-bond acceptors (Lipinski definition) is 5. The van der Waals surface area contributed by atoms with E-state index in [9.17, 15) is 0 Å². The molecule has 5 heteroatoms. The van der Waals surface area contributed by atoms with Crippen LogP contribution in [0.1, 0.15) is 28.3 Å². The van der Waals surface area contributed by atoms with E-state index < -0.39 is 0 Å². The van der Waals surface area contributed by atoms with Gasteiger partial charge in [0.2, 0.25) is 5.89 Å². The molecule has 0 aliphatic carbocycles. The fraction of sp³-hybridized carbons (Fsp3) is 0.179. The van der Waals surface area contributed by atoms with E-state index in [1.165, 1.54) is 11.1 Å². The van der Waals surface area contributed by atoms with Crippen LogP contribution >= 0.6 is 0 Å². The van der Waals surface area contributed by atoms with Crippen molar-refractivity contribution in [2.75, 3.05) is 13.7 Å². The van der Waals surface area contributed by atoms with Crippen LogP contribution < -0.4 is 14.8 Å². The first-order valence-electron chi connectivity index (χ1n) is 11.1. The van der Waals surface area contributed by atoms with Crippen LogP contribution in [-0.2, 0) is 13.0 Å². The fourth-order valence-corrected chi connectivity index (χ4v) is 4.12. The van der Waals surface area contributed by atoms with Gasteiger partial charge >= 0.3 is 0 Å². The lowest BCUT2D eigenvalue weighted by molar-refractivity contribution is 0.283. The van der Waals surface area contributed by atoms with Gasteiger partial charge in [0.25, 0.3) is 0 Å². The molecule has 1 aliphatic rings. The number of ether oxygens (including phenoxy) is 2. The van der Waals surface area contributed by atoms with Crippen molar-refractivity contribution in [1.82, 2.24) is 10.3 Å². The quantitative estimate of drug-likeness (QED) is 0.393. The second kappa shape index (κ2) is 9.76. The SMILES string of the molecule is COc1cc2c(cc1OCc1ccccc1)CCNC2/C=C/c1cccc(-c2ncco2)c1. The topological polar surface area (TPSA) is 56.5 Å². The fourth-order valence-electron chi connectivity index (χ4n) is 4.12. The summed E-state index contributed by atoms with van der Waals surface area (Å²) in [5.74, 6) is 2.15. The van der Waals surface area contributed by atoms with Gasteiger partial charge in [0.1, 0.15) is 12.9 Å². The minimum Gasteiger partial charge on any atom is -0.493 e. The Morgan fingerprint density at radius 3 is 2.79 bits per heavy atom. The molecular formula is C28H26N2O3. The zero-order valence-corrected chi connectivity index (χ0v) is 18.5. The Labute approximate surface area is 193 Å². The molecule has 0 bridgehead atoms. The van der Waals surface area contributed by atoms with Crippen LogP contribution in [0.25, 0.3) is 17.5 Å². The zero-order valence-electron chi connectivity index (χ0n) is 18.5. The van der Waals surface area contributed by atoms with Gasteiger partial charge in [-0.3, -0.25) is 0 Å². The molecule has 4 aromatic rings. The Balaban J connectivity index is 1.37. The zero-order chi connectivity index (χ0) is 22.5. The van der Waals surface area contributed by atoms with Crippen molar-refractivity contribution in [3.63, 3.8) is 0 Å². The molecule has 3 aromatic carbocycles. The minimum atomic E-state index is 0.0937. The Kier molecular flexibility index (Phi) is 6.22. The van der Waals surface area contributed by atoms with Crippen molar-refractivity contribution in [3.8, 4) is 23.0 Å². The van der Waals surface area contributed by atoms with Crippen molar-refractivity contribution in [3.05, 3.63) is 108 Å². The molecule has 1 atom stereocenters. The van der Waals surface area contributed by atoms with Gasteiger partial charge < -0.3 is 19.2 Å². The van der Waals surface area contributed by atoms with Crippen molar-refractivity contribution < 1.29 is 13.9 Å². The maximum atomic E-state index is 6.12. The van der Waals surface area contributed by atoms with E-state index in [1.807, 2.05) is 30.3 Å². The van der Waals surface area contributed by atoms with Gasteiger partial charge in [-0.25, -0.2) is 4.98 Å². The van der Waals surface area contributed by atoms with Gasteiger partial charge in [-0.05, 0) is 52.9 Å². The van der Waals surface area contributed by atoms with Crippen LogP contribution in [-0.4, -0.2) is 18.6 Å². The van der Waals surface area contributed by atoms with E-state index in [2.05, 4.69) is 58.9 Å². The number of oxazole rings is 1. The number of nitrogens with zero attached hydrogens (tertiary/aromatic N) is 1. The van der Waals surface area contributed by atoms with E-state index in [0.717, 1.165) is 41.2 Å². The first-order valence-corrected chi connectivity index (χ1v) is 11.1. The highest BCUT2D eigenvalue weighted by Crippen LogP contribution is 2.36. The standard InChI is InChI=1S/C28H26N2O3/c1-31-26-18-24-22(17-27(26)33-19-21-6-3-2-4-7-21)12-13-29-25(24)11-10-20-8-5-9-23(16-20)28-30-14-15-32-28/h2-11,14-18,25,29H,12-13,19H2,1H3/b11-10+. The number of rotatable bonds is 7. The largest absolute Gasteiger partial charge is 0.493 e. The van der Waals surface area contributed by atoms with Crippen molar-refractivity contribution in [1.29, 1.82) is 0 Å².